The topological polar surface area (TPSA) is 36.4 Å². The smallest absolute Gasteiger partial charge is 0.353 e. The van der Waals surface area contributed by atoms with E-state index in [1.165, 1.54) is 23.1 Å². The summed E-state index contributed by atoms with van der Waals surface area (Å²) < 4.78 is 51.6. The molecule has 1 aliphatic heterocycles. The number of carbonyl (C=O) groups is 1. The summed E-state index contributed by atoms with van der Waals surface area (Å²) in [4.78, 5) is 19.5. The summed E-state index contributed by atoms with van der Waals surface area (Å²) in [5.74, 6) is -0.713. The first-order valence-corrected chi connectivity index (χ1v) is 8.16. The van der Waals surface area contributed by atoms with Gasteiger partial charge >= 0.3 is 6.18 Å². The van der Waals surface area contributed by atoms with Crippen LogP contribution in [0.3, 0.4) is 0 Å². The minimum absolute atomic E-state index is 0.0985. The first-order valence-electron chi connectivity index (χ1n) is 7.78. The number of piperazine rings is 1. The van der Waals surface area contributed by atoms with Crippen LogP contribution in [0.2, 0.25) is 5.02 Å². The second kappa shape index (κ2) is 7.11. The van der Waals surface area contributed by atoms with E-state index >= 15 is 0 Å². The molecule has 0 bridgehead atoms. The number of hydrogen-bond acceptors (Lipinski definition) is 3. The molecule has 4 nitrogen and oxygen atoms in total. The third-order valence-electron chi connectivity index (χ3n) is 4.12. The Labute approximate surface area is 152 Å². The van der Waals surface area contributed by atoms with Gasteiger partial charge in [0.1, 0.15) is 11.6 Å². The summed E-state index contributed by atoms with van der Waals surface area (Å²) >= 11 is 5.81. The van der Waals surface area contributed by atoms with Gasteiger partial charge in [-0.05, 0) is 30.3 Å². The fourth-order valence-electron chi connectivity index (χ4n) is 2.71. The average molecular weight is 388 g/mol. The zero-order valence-electron chi connectivity index (χ0n) is 13.4. The highest BCUT2D eigenvalue weighted by atomic mass is 35.5. The van der Waals surface area contributed by atoms with E-state index in [1.54, 1.807) is 4.90 Å². The zero-order valence-corrected chi connectivity index (χ0v) is 14.2. The largest absolute Gasteiger partial charge is 0.417 e. The number of pyridine rings is 1. The molecule has 1 saturated heterocycles. The van der Waals surface area contributed by atoms with Crippen molar-refractivity contribution < 1.29 is 22.4 Å². The van der Waals surface area contributed by atoms with Crippen molar-refractivity contribution in [1.29, 1.82) is 0 Å². The fraction of sp³-hybridized carbons (Fsp3) is 0.294. The van der Waals surface area contributed by atoms with Crippen molar-refractivity contribution in [2.75, 3.05) is 31.1 Å². The molecule has 138 valence electrons. The Morgan fingerprint density at radius 3 is 2.35 bits per heavy atom. The molecule has 1 aromatic carbocycles. The van der Waals surface area contributed by atoms with Crippen LogP contribution in [0.4, 0.5) is 23.4 Å². The van der Waals surface area contributed by atoms with Crippen LogP contribution >= 0.6 is 11.6 Å². The Hall–Kier alpha value is -2.35. The molecule has 9 heteroatoms. The number of benzene rings is 1. The molecular weight excluding hydrogens is 374 g/mol. The maximum atomic E-state index is 13.8. The third kappa shape index (κ3) is 3.90. The van der Waals surface area contributed by atoms with Gasteiger partial charge in [-0.15, -0.1) is 0 Å². The lowest BCUT2D eigenvalue weighted by Gasteiger charge is -2.35. The highest BCUT2D eigenvalue weighted by Gasteiger charge is 2.31. The number of nitrogens with zero attached hydrogens (tertiary/aromatic N) is 3. The Kier molecular flexibility index (Phi) is 5.04. The molecule has 1 aliphatic rings. The van der Waals surface area contributed by atoms with Crippen molar-refractivity contribution in [3.05, 3.63) is 58.5 Å². The Morgan fingerprint density at radius 2 is 1.77 bits per heavy atom. The molecule has 2 heterocycles. The van der Waals surface area contributed by atoms with Crippen LogP contribution in [-0.2, 0) is 6.18 Å². The van der Waals surface area contributed by atoms with E-state index in [1.807, 2.05) is 0 Å². The monoisotopic (exact) mass is 387 g/mol. The van der Waals surface area contributed by atoms with Gasteiger partial charge in [0.05, 0.1) is 11.1 Å². The van der Waals surface area contributed by atoms with Gasteiger partial charge in [0.25, 0.3) is 5.91 Å². The molecule has 0 spiro atoms. The number of rotatable bonds is 2. The second-order valence-electron chi connectivity index (χ2n) is 5.81. The van der Waals surface area contributed by atoms with Crippen LogP contribution in [0.15, 0.2) is 36.5 Å². The van der Waals surface area contributed by atoms with Crippen LogP contribution in [-0.4, -0.2) is 42.0 Å². The van der Waals surface area contributed by atoms with Crippen molar-refractivity contribution >= 4 is 23.3 Å². The summed E-state index contributed by atoms with van der Waals surface area (Å²) in [6.07, 6.45) is -3.65. The summed E-state index contributed by atoms with van der Waals surface area (Å²) in [7, 11) is 0. The van der Waals surface area contributed by atoms with E-state index in [2.05, 4.69) is 4.98 Å². The average Bonchev–Trinajstić information content (AvgIpc) is 2.63. The number of aromatic nitrogens is 1. The molecule has 26 heavy (non-hydrogen) atoms. The lowest BCUT2D eigenvalue weighted by molar-refractivity contribution is -0.137. The molecule has 1 aromatic heterocycles. The van der Waals surface area contributed by atoms with E-state index in [-0.39, 0.29) is 10.6 Å². The number of anilines is 1. The minimum Gasteiger partial charge on any atom is -0.353 e. The molecule has 2 aromatic rings. The Bertz CT molecular complexity index is 803. The lowest BCUT2D eigenvalue weighted by Crippen LogP contribution is -2.49. The highest BCUT2D eigenvalue weighted by Crippen LogP contribution is 2.29. The highest BCUT2D eigenvalue weighted by molar-refractivity contribution is 6.31. The van der Waals surface area contributed by atoms with Gasteiger partial charge in [-0.2, -0.15) is 13.2 Å². The van der Waals surface area contributed by atoms with Gasteiger partial charge in [-0.3, -0.25) is 4.79 Å². The van der Waals surface area contributed by atoms with Crippen molar-refractivity contribution in [1.82, 2.24) is 9.88 Å². The summed E-state index contributed by atoms with van der Waals surface area (Å²) in [6.45, 7) is 1.36. The van der Waals surface area contributed by atoms with Gasteiger partial charge < -0.3 is 9.80 Å². The SMILES string of the molecule is O=C(c1cc(Cl)ccc1F)N1CCN(c2ccc(C(F)(F)F)cn2)CC1. The molecule has 0 saturated carbocycles. The summed E-state index contributed by atoms with van der Waals surface area (Å²) in [5, 5.41) is 0.266. The number of alkyl halides is 3. The molecule has 0 atom stereocenters. The normalized spacial score (nSPS) is 15.3. The van der Waals surface area contributed by atoms with Crippen LogP contribution in [0.25, 0.3) is 0 Å². The van der Waals surface area contributed by atoms with Gasteiger partial charge in [-0.25, -0.2) is 9.37 Å². The quantitative estimate of drug-likeness (QED) is 0.734. The van der Waals surface area contributed by atoms with E-state index < -0.39 is 23.5 Å². The molecule has 0 N–H and O–H groups in total. The fourth-order valence-corrected chi connectivity index (χ4v) is 2.88. The van der Waals surface area contributed by atoms with Gasteiger partial charge in [0.15, 0.2) is 0 Å². The minimum atomic E-state index is -4.43. The van der Waals surface area contributed by atoms with Crippen molar-refractivity contribution in [2.24, 2.45) is 0 Å². The maximum absolute atomic E-state index is 13.8. The van der Waals surface area contributed by atoms with Gasteiger partial charge in [0.2, 0.25) is 0 Å². The van der Waals surface area contributed by atoms with Crippen LogP contribution in [0.5, 0.6) is 0 Å². The molecule has 1 fully saturated rings. The number of amides is 1. The molecule has 0 radical (unpaired) electrons. The second-order valence-corrected chi connectivity index (χ2v) is 6.24. The molecular formula is C17H14ClF4N3O. The van der Waals surface area contributed by atoms with Gasteiger partial charge in [-0.1, -0.05) is 11.6 Å². The Morgan fingerprint density at radius 1 is 1.08 bits per heavy atom. The zero-order chi connectivity index (χ0) is 18.9. The molecule has 0 unspecified atom stereocenters. The third-order valence-corrected chi connectivity index (χ3v) is 4.36. The van der Waals surface area contributed by atoms with E-state index in [0.717, 1.165) is 18.3 Å². The lowest BCUT2D eigenvalue weighted by atomic mass is 10.1. The van der Waals surface area contributed by atoms with Crippen LogP contribution in [0, 0.1) is 5.82 Å². The van der Waals surface area contributed by atoms with Crippen molar-refractivity contribution in [3.63, 3.8) is 0 Å². The van der Waals surface area contributed by atoms with Gasteiger partial charge in [0, 0.05) is 37.4 Å². The predicted molar refractivity (Wildman–Crippen MR) is 88.8 cm³/mol. The predicted octanol–water partition coefficient (Wildman–Crippen LogP) is 3.86. The van der Waals surface area contributed by atoms with Crippen LogP contribution in [0.1, 0.15) is 15.9 Å². The van der Waals surface area contributed by atoms with E-state index in [4.69, 9.17) is 11.6 Å². The standard InChI is InChI=1S/C17H14ClF4N3O/c18-12-2-3-14(19)13(9-12)16(26)25-7-5-24(6-8-25)15-4-1-11(10-23-15)17(20,21)22/h1-4,9-10H,5-8H2. The van der Waals surface area contributed by atoms with Crippen molar-refractivity contribution in [2.45, 2.75) is 6.18 Å². The summed E-state index contributed by atoms with van der Waals surface area (Å²) in [5.41, 5.74) is -0.912. The van der Waals surface area contributed by atoms with E-state index in [0.29, 0.717) is 32.0 Å². The molecule has 3 rings (SSSR count). The van der Waals surface area contributed by atoms with Crippen molar-refractivity contribution in [3.8, 4) is 0 Å². The first-order chi connectivity index (χ1) is 12.3. The molecule has 1 amide bonds. The first kappa shape index (κ1) is 18.4. The Balaban J connectivity index is 1.65. The number of halogens is 5. The molecule has 0 aliphatic carbocycles. The summed E-state index contributed by atoms with van der Waals surface area (Å²) in [6, 6.07) is 6.06. The number of hydrogen-bond donors (Lipinski definition) is 0. The van der Waals surface area contributed by atoms with E-state index in [9.17, 15) is 22.4 Å². The number of carbonyl (C=O) groups excluding carboxylic acids is 1. The van der Waals surface area contributed by atoms with Crippen LogP contribution < -0.4 is 4.90 Å². The maximum Gasteiger partial charge on any atom is 0.417 e.